The van der Waals surface area contributed by atoms with Gasteiger partial charge >= 0.3 is 0 Å². The van der Waals surface area contributed by atoms with Gasteiger partial charge in [0.1, 0.15) is 6.04 Å². The number of rotatable bonds is 14. The van der Waals surface area contributed by atoms with E-state index in [9.17, 15) is 18.0 Å². The summed E-state index contributed by atoms with van der Waals surface area (Å²) in [5.74, 6) is -0.616. The van der Waals surface area contributed by atoms with Gasteiger partial charge in [0.15, 0.2) is 0 Å². The molecule has 3 aromatic rings. The van der Waals surface area contributed by atoms with E-state index in [4.69, 9.17) is 34.8 Å². The zero-order chi connectivity index (χ0) is 31.7. The van der Waals surface area contributed by atoms with Crippen LogP contribution in [-0.4, -0.2) is 50.0 Å². The predicted molar refractivity (Wildman–Crippen MR) is 176 cm³/mol. The molecule has 0 heterocycles. The normalized spacial score (nSPS) is 12.8. The van der Waals surface area contributed by atoms with Crippen molar-refractivity contribution in [3.8, 4) is 0 Å². The number of hydrogen-bond acceptors (Lipinski definition) is 4. The van der Waals surface area contributed by atoms with E-state index in [-0.39, 0.29) is 50.2 Å². The first-order valence-electron chi connectivity index (χ1n) is 14.1. The van der Waals surface area contributed by atoms with E-state index in [1.54, 1.807) is 43.3 Å². The average Bonchev–Trinajstić information content (AvgIpc) is 2.95. The Morgan fingerprint density at radius 1 is 0.953 bits per heavy atom. The van der Waals surface area contributed by atoms with E-state index in [0.29, 0.717) is 26.3 Å². The molecule has 7 nitrogen and oxygen atoms in total. The molecule has 0 fully saturated rings. The van der Waals surface area contributed by atoms with Crippen LogP contribution in [0.4, 0.5) is 5.69 Å². The van der Waals surface area contributed by atoms with Crippen LogP contribution in [0.2, 0.25) is 15.1 Å². The molecule has 0 bridgehead atoms. The maximum Gasteiger partial charge on any atom is 0.243 e. The highest BCUT2D eigenvalue weighted by Crippen LogP contribution is 2.29. The molecule has 232 valence electrons. The summed E-state index contributed by atoms with van der Waals surface area (Å²) in [6.45, 7) is 5.74. The molecular formula is C32H38Cl3N3O4S. The lowest BCUT2D eigenvalue weighted by Gasteiger charge is -2.33. The lowest BCUT2D eigenvalue weighted by atomic mass is 10.0. The first-order chi connectivity index (χ1) is 20.3. The summed E-state index contributed by atoms with van der Waals surface area (Å²) < 4.78 is 26.8. The highest BCUT2D eigenvalue weighted by atomic mass is 35.5. The average molecular weight is 667 g/mol. The summed E-state index contributed by atoms with van der Waals surface area (Å²) in [6, 6.07) is 18.6. The Bertz CT molecular complexity index is 1500. The fourth-order valence-electron chi connectivity index (χ4n) is 4.68. The third-order valence-corrected chi connectivity index (χ3v) is 9.38. The Labute approximate surface area is 270 Å². The number of hydrogen-bond donors (Lipinski definition) is 1. The van der Waals surface area contributed by atoms with Crippen molar-refractivity contribution >= 4 is 62.3 Å². The molecule has 3 rings (SSSR count). The van der Waals surface area contributed by atoms with Crippen molar-refractivity contribution < 1.29 is 18.0 Å². The Hall–Kier alpha value is -2.78. The quantitative estimate of drug-likeness (QED) is 0.200. The van der Waals surface area contributed by atoms with Gasteiger partial charge in [-0.3, -0.25) is 13.9 Å². The van der Waals surface area contributed by atoms with Crippen LogP contribution in [0.1, 0.15) is 49.8 Å². The van der Waals surface area contributed by atoms with E-state index >= 15 is 0 Å². The fraction of sp³-hybridized carbons (Fsp3) is 0.375. The number of halogens is 3. The van der Waals surface area contributed by atoms with Crippen LogP contribution in [0, 0.1) is 6.92 Å². The zero-order valence-corrected chi connectivity index (χ0v) is 27.9. The Kier molecular flexibility index (Phi) is 12.8. The van der Waals surface area contributed by atoms with Gasteiger partial charge in [-0.2, -0.15) is 0 Å². The van der Waals surface area contributed by atoms with Crippen LogP contribution >= 0.6 is 34.8 Å². The number of benzene rings is 3. The molecule has 2 amide bonds. The summed E-state index contributed by atoms with van der Waals surface area (Å²) in [7, 11) is -3.67. The molecule has 0 spiro atoms. The molecule has 1 N–H and O–H groups in total. The second-order valence-electron chi connectivity index (χ2n) is 10.6. The van der Waals surface area contributed by atoms with E-state index in [1.807, 2.05) is 44.2 Å². The van der Waals surface area contributed by atoms with E-state index in [0.717, 1.165) is 23.8 Å². The second kappa shape index (κ2) is 15.8. The van der Waals surface area contributed by atoms with Crippen molar-refractivity contribution in [2.45, 2.75) is 65.1 Å². The lowest BCUT2D eigenvalue weighted by Crippen LogP contribution is -2.52. The molecule has 0 aliphatic heterocycles. The maximum absolute atomic E-state index is 14.0. The van der Waals surface area contributed by atoms with Crippen LogP contribution in [-0.2, 0) is 32.6 Å². The van der Waals surface area contributed by atoms with Gasteiger partial charge in [0.2, 0.25) is 21.8 Å². The number of carbonyl (C=O) groups excluding carboxylic acids is 2. The van der Waals surface area contributed by atoms with Crippen molar-refractivity contribution in [2.24, 2.45) is 0 Å². The Morgan fingerprint density at radius 3 is 2.21 bits per heavy atom. The minimum atomic E-state index is -3.67. The van der Waals surface area contributed by atoms with Gasteiger partial charge in [-0.05, 0) is 62.1 Å². The van der Waals surface area contributed by atoms with Gasteiger partial charge in [-0.25, -0.2) is 8.42 Å². The van der Waals surface area contributed by atoms with Crippen LogP contribution in [0.5, 0.6) is 0 Å². The molecule has 11 heteroatoms. The van der Waals surface area contributed by atoms with E-state index in [1.165, 1.54) is 9.21 Å². The minimum Gasteiger partial charge on any atom is -0.352 e. The predicted octanol–water partition coefficient (Wildman–Crippen LogP) is 7.06. The first-order valence-corrected chi connectivity index (χ1v) is 17.1. The first kappa shape index (κ1) is 34.7. The molecule has 2 atom stereocenters. The van der Waals surface area contributed by atoms with Gasteiger partial charge in [0, 0.05) is 52.6 Å². The Balaban J connectivity index is 1.95. The van der Waals surface area contributed by atoms with E-state index < -0.39 is 16.1 Å². The van der Waals surface area contributed by atoms with Crippen molar-refractivity contribution in [1.82, 2.24) is 10.2 Å². The Morgan fingerprint density at radius 2 is 1.60 bits per heavy atom. The lowest BCUT2D eigenvalue weighted by molar-refractivity contribution is -0.141. The van der Waals surface area contributed by atoms with Gasteiger partial charge in [-0.1, -0.05) is 84.2 Å². The second-order valence-corrected chi connectivity index (χ2v) is 13.8. The van der Waals surface area contributed by atoms with Crippen molar-refractivity contribution in [1.29, 1.82) is 0 Å². The van der Waals surface area contributed by atoms with Crippen LogP contribution in [0.15, 0.2) is 66.7 Å². The summed E-state index contributed by atoms with van der Waals surface area (Å²) in [4.78, 5) is 29.2. The SMILES string of the molecule is CC[C@@H](C)NC(=O)[C@@H](Cc1ccccc1)N(Cc1c(Cl)cccc1Cl)C(=O)CCCN(c1cc(Cl)ccc1C)S(C)(=O)=O. The number of nitrogens with zero attached hydrogens (tertiary/aromatic N) is 2. The van der Waals surface area contributed by atoms with E-state index in [2.05, 4.69) is 5.32 Å². The van der Waals surface area contributed by atoms with Crippen molar-refractivity contribution in [2.75, 3.05) is 17.1 Å². The molecule has 0 aromatic heterocycles. The topological polar surface area (TPSA) is 86.8 Å². The third-order valence-electron chi connectivity index (χ3n) is 7.25. The summed E-state index contributed by atoms with van der Waals surface area (Å²) in [5.41, 5.74) is 2.60. The molecule has 0 saturated carbocycles. The molecule has 3 aromatic carbocycles. The highest BCUT2D eigenvalue weighted by Gasteiger charge is 2.32. The molecular weight excluding hydrogens is 629 g/mol. The summed E-state index contributed by atoms with van der Waals surface area (Å²) >= 11 is 19.2. The molecule has 0 aliphatic carbocycles. The number of anilines is 1. The molecule has 0 aliphatic rings. The maximum atomic E-state index is 14.0. The molecule has 0 unspecified atom stereocenters. The summed E-state index contributed by atoms with van der Waals surface area (Å²) in [5, 5.41) is 4.20. The standard InChI is InChI=1S/C32H38Cl3N3O4S/c1-5-23(3)36-32(40)30(19-24-11-7-6-8-12-24)37(21-26-27(34)13-9-14-28(26)35)31(39)15-10-18-38(43(4,41)42)29-20-25(33)17-16-22(29)2/h6-9,11-14,16-17,20,23,30H,5,10,15,18-19,21H2,1-4H3,(H,36,40)/t23-,30-/m1/s1. The third kappa shape index (κ3) is 9.86. The van der Waals surface area contributed by atoms with Crippen molar-refractivity contribution in [3.05, 3.63) is 98.5 Å². The summed E-state index contributed by atoms with van der Waals surface area (Å²) in [6.07, 6.45) is 2.30. The van der Waals surface area contributed by atoms with Gasteiger partial charge in [0.05, 0.1) is 11.9 Å². The van der Waals surface area contributed by atoms with Gasteiger partial charge in [0.25, 0.3) is 0 Å². The smallest absolute Gasteiger partial charge is 0.243 e. The largest absolute Gasteiger partial charge is 0.352 e. The molecule has 0 saturated heterocycles. The molecule has 0 radical (unpaired) electrons. The number of carbonyl (C=O) groups is 2. The zero-order valence-electron chi connectivity index (χ0n) is 24.8. The number of nitrogens with one attached hydrogen (secondary N) is 1. The van der Waals surface area contributed by atoms with Crippen molar-refractivity contribution in [3.63, 3.8) is 0 Å². The minimum absolute atomic E-state index is 0.00591. The molecule has 43 heavy (non-hydrogen) atoms. The van der Waals surface area contributed by atoms with Crippen LogP contribution in [0.3, 0.4) is 0 Å². The fourth-order valence-corrected chi connectivity index (χ4v) is 6.38. The van der Waals surface area contributed by atoms with Crippen LogP contribution < -0.4 is 9.62 Å². The van der Waals surface area contributed by atoms with Crippen LogP contribution in [0.25, 0.3) is 0 Å². The highest BCUT2D eigenvalue weighted by molar-refractivity contribution is 7.92. The van der Waals surface area contributed by atoms with Gasteiger partial charge < -0.3 is 10.2 Å². The number of amides is 2. The van der Waals surface area contributed by atoms with Gasteiger partial charge in [-0.15, -0.1) is 0 Å². The monoisotopic (exact) mass is 665 g/mol. The number of sulfonamides is 1. The number of aryl methyl sites for hydroxylation is 1.